The van der Waals surface area contributed by atoms with E-state index in [1.165, 1.54) is 19.3 Å². The molecule has 1 N–H and O–H groups in total. The molecule has 1 fully saturated rings. The SMILES string of the molecule is CCC(=O)N(Cc1cc(NC(=O)c2ccccc2Cl)ccc1N(C)C)C1CCCCC1. The summed E-state index contributed by atoms with van der Waals surface area (Å²) in [6, 6.07) is 13.1. The number of benzene rings is 2. The molecule has 0 spiro atoms. The van der Waals surface area contributed by atoms with E-state index in [0.29, 0.717) is 29.2 Å². The van der Waals surface area contributed by atoms with Crippen LogP contribution < -0.4 is 10.2 Å². The Kier molecular flexibility index (Phi) is 7.97. The molecular weight excluding hydrogens is 410 g/mol. The third kappa shape index (κ3) is 5.79. The number of halogens is 1. The van der Waals surface area contributed by atoms with E-state index in [-0.39, 0.29) is 17.9 Å². The number of amides is 2. The molecule has 1 aliphatic rings. The minimum absolute atomic E-state index is 0.183. The highest BCUT2D eigenvalue weighted by atomic mass is 35.5. The Balaban J connectivity index is 1.87. The first-order valence-electron chi connectivity index (χ1n) is 11.1. The van der Waals surface area contributed by atoms with Crippen molar-refractivity contribution in [2.24, 2.45) is 0 Å². The molecule has 5 nitrogen and oxygen atoms in total. The van der Waals surface area contributed by atoms with E-state index in [4.69, 9.17) is 11.6 Å². The van der Waals surface area contributed by atoms with E-state index >= 15 is 0 Å². The molecule has 6 heteroatoms. The minimum Gasteiger partial charge on any atom is -0.377 e. The zero-order chi connectivity index (χ0) is 22.4. The largest absolute Gasteiger partial charge is 0.377 e. The van der Waals surface area contributed by atoms with Crippen molar-refractivity contribution in [3.63, 3.8) is 0 Å². The van der Waals surface area contributed by atoms with Crippen molar-refractivity contribution in [2.45, 2.75) is 58.0 Å². The standard InChI is InChI=1S/C25H32ClN3O2/c1-4-24(30)29(20-10-6-5-7-11-20)17-18-16-19(14-15-23(18)28(2)3)27-25(31)21-12-8-9-13-22(21)26/h8-9,12-16,20H,4-7,10-11,17H2,1-3H3,(H,27,31). The molecule has 166 valence electrons. The molecule has 1 saturated carbocycles. The number of nitrogens with zero attached hydrogens (tertiary/aromatic N) is 2. The molecule has 2 aromatic rings. The molecular formula is C25H32ClN3O2. The van der Waals surface area contributed by atoms with E-state index in [1.54, 1.807) is 24.3 Å². The highest BCUT2D eigenvalue weighted by Crippen LogP contribution is 2.29. The van der Waals surface area contributed by atoms with Crippen LogP contribution in [0.1, 0.15) is 61.4 Å². The second kappa shape index (κ2) is 10.7. The molecule has 0 aromatic heterocycles. The molecule has 31 heavy (non-hydrogen) atoms. The monoisotopic (exact) mass is 441 g/mol. The first-order valence-corrected chi connectivity index (χ1v) is 11.4. The average Bonchev–Trinajstić information content (AvgIpc) is 2.77. The molecule has 0 radical (unpaired) electrons. The number of anilines is 2. The number of hydrogen-bond acceptors (Lipinski definition) is 3. The predicted molar refractivity (Wildman–Crippen MR) is 128 cm³/mol. The summed E-state index contributed by atoms with van der Waals surface area (Å²) in [5.41, 5.74) is 3.19. The predicted octanol–water partition coefficient (Wildman–Crippen LogP) is 5.73. The Hall–Kier alpha value is -2.53. The van der Waals surface area contributed by atoms with Crippen molar-refractivity contribution in [3.8, 4) is 0 Å². The van der Waals surface area contributed by atoms with Gasteiger partial charge >= 0.3 is 0 Å². The van der Waals surface area contributed by atoms with Crippen LogP contribution in [0.15, 0.2) is 42.5 Å². The highest BCUT2D eigenvalue weighted by Gasteiger charge is 2.25. The third-order valence-corrected chi connectivity index (χ3v) is 6.25. The maximum Gasteiger partial charge on any atom is 0.257 e. The van der Waals surface area contributed by atoms with Crippen LogP contribution in [0.25, 0.3) is 0 Å². The summed E-state index contributed by atoms with van der Waals surface area (Å²) < 4.78 is 0. The van der Waals surface area contributed by atoms with Crippen molar-refractivity contribution >= 4 is 34.8 Å². The summed E-state index contributed by atoms with van der Waals surface area (Å²) in [4.78, 5) is 29.6. The molecule has 0 bridgehead atoms. The number of carbonyl (C=O) groups excluding carboxylic acids is 2. The number of carbonyl (C=O) groups is 2. The molecule has 2 aromatic carbocycles. The van der Waals surface area contributed by atoms with E-state index in [0.717, 1.165) is 24.1 Å². The summed E-state index contributed by atoms with van der Waals surface area (Å²) in [6.07, 6.45) is 6.21. The zero-order valence-corrected chi connectivity index (χ0v) is 19.4. The van der Waals surface area contributed by atoms with E-state index in [2.05, 4.69) is 5.32 Å². The van der Waals surface area contributed by atoms with Gasteiger partial charge in [0.2, 0.25) is 5.91 Å². The molecule has 2 amide bonds. The Morgan fingerprint density at radius 2 is 1.77 bits per heavy atom. The minimum atomic E-state index is -0.247. The lowest BCUT2D eigenvalue weighted by molar-refractivity contribution is -0.134. The smallest absolute Gasteiger partial charge is 0.257 e. The molecule has 0 heterocycles. The summed E-state index contributed by atoms with van der Waals surface area (Å²) in [6.45, 7) is 2.46. The van der Waals surface area contributed by atoms with E-state index in [1.807, 2.05) is 49.0 Å². The lowest BCUT2D eigenvalue weighted by Crippen LogP contribution is -2.40. The van der Waals surface area contributed by atoms with E-state index < -0.39 is 0 Å². The van der Waals surface area contributed by atoms with Gasteiger partial charge in [0.05, 0.1) is 10.6 Å². The summed E-state index contributed by atoms with van der Waals surface area (Å²) in [5, 5.41) is 3.37. The molecule has 0 saturated heterocycles. The zero-order valence-electron chi connectivity index (χ0n) is 18.7. The second-order valence-electron chi connectivity index (χ2n) is 8.34. The van der Waals surface area contributed by atoms with Gasteiger partial charge in [-0.25, -0.2) is 0 Å². The van der Waals surface area contributed by atoms with Crippen LogP contribution in [-0.4, -0.2) is 36.9 Å². The highest BCUT2D eigenvalue weighted by molar-refractivity contribution is 6.34. The van der Waals surface area contributed by atoms with Gasteiger partial charge in [-0.3, -0.25) is 9.59 Å². The first kappa shape index (κ1) is 23.1. The van der Waals surface area contributed by atoms with Gasteiger partial charge in [-0.1, -0.05) is 49.9 Å². The summed E-state index contributed by atoms with van der Waals surface area (Å²) in [7, 11) is 3.99. The lowest BCUT2D eigenvalue weighted by Gasteiger charge is -2.35. The van der Waals surface area contributed by atoms with Gasteiger partial charge in [0.25, 0.3) is 5.91 Å². The van der Waals surface area contributed by atoms with Gasteiger partial charge in [-0.15, -0.1) is 0 Å². The lowest BCUT2D eigenvalue weighted by atomic mass is 9.93. The Morgan fingerprint density at radius 3 is 2.42 bits per heavy atom. The van der Waals surface area contributed by atoms with Crippen LogP contribution in [0, 0.1) is 0 Å². The molecule has 0 aliphatic heterocycles. The topological polar surface area (TPSA) is 52.7 Å². The summed E-state index contributed by atoms with van der Waals surface area (Å²) >= 11 is 6.18. The van der Waals surface area contributed by atoms with Gasteiger partial charge < -0.3 is 15.1 Å². The maximum absolute atomic E-state index is 12.8. The number of rotatable bonds is 7. The molecule has 3 rings (SSSR count). The molecule has 1 aliphatic carbocycles. The average molecular weight is 442 g/mol. The molecule has 0 unspecified atom stereocenters. The number of nitrogens with one attached hydrogen (secondary N) is 1. The normalized spacial score (nSPS) is 14.2. The van der Waals surface area contributed by atoms with E-state index in [9.17, 15) is 9.59 Å². The van der Waals surface area contributed by atoms with Crippen LogP contribution in [0.5, 0.6) is 0 Å². The van der Waals surface area contributed by atoms with Gasteiger partial charge in [-0.2, -0.15) is 0 Å². The van der Waals surface area contributed by atoms with Crippen LogP contribution >= 0.6 is 11.6 Å². The van der Waals surface area contributed by atoms with Crippen LogP contribution in [0.2, 0.25) is 5.02 Å². The Labute approximate surface area is 190 Å². The van der Waals surface area contributed by atoms with Crippen molar-refractivity contribution in [3.05, 3.63) is 58.6 Å². The van der Waals surface area contributed by atoms with Crippen molar-refractivity contribution in [1.82, 2.24) is 4.90 Å². The molecule has 0 atom stereocenters. The number of hydrogen-bond donors (Lipinski definition) is 1. The Bertz CT molecular complexity index is 923. The van der Waals surface area contributed by atoms with Crippen LogP contribution in [-0.2, 0) is 11.3 Å². The third-order valence-electron chi connectivity index (χ3n) is 5.92. The second-order valence-corrected chi connectivity index (χ2v) is 8.75. The summed E-state index contributed by atoms with van der Waals surface area (Å²) in [5.74, 6) is -0.0648. The van der Waals surface area contributed by atoms with Crippen LogP contribution in [0.4, 0.5) is 11.4 Å². The first-order chi connectivity index (χ1) is 14.9. The van der Waals surface area contributed by atoms with Gasteiger partial charge in [-0.05, 0) is 48.7 Å². The quantitative estimate of drug-likeness (QED) is 0.596. The van der Waals surface area contributed by atoms with Gasteiger partial charge in [0.15, 0.2) is 0 Å². The van der Waals surface area contributed by atoms with Crippen LogP contribution in [0.3, 0.4) is 0 Å². The van der Waals surface area contributed by atoms with Gasteiger partial charge in [0, 0.05) is 44.5 Å². The van der Waals surface area contributed by atoms with Crippen molar-refractivity contribution in [1.29, 1.82) is 0 Å². The fraction of sp³-hybridized carbons (Fsp3) is 0.440. The van der Waals surface area contributed by atoms with Gasteiger partial charge in [0.1, 0.15) is 0 Å². The maximum atomic E-state index is 12.8. The fourth-order valence-electron chi connectivity index (χ4n) is 4.27. The Morgan fingerprint density at radius 1 is 1.06 bits per heavy atom. The fourth-order valence-corrected chi connectivity index (χ4v) is 4.49. The van der Waals surface area contributed by atoms with Crippen molar-refractivity contribution in [2.75, 3.05) is 24.3 Å². The van der Waals surface area contributed by atoms with Crippen molar-refractivity contribution < 1.29 is 9.59 Å².